The summed E-state index contributed by atoms with van der Waals surface area (Å²) in [7, 11) is 1.94. The molecule has 0 spiro atoms. The smallest absolute Gasteiger partial charge is 0.0102 e. The van der Waals surface area contributed by atoms with Gasteiger partial charge in [0.25, 0.3) is 0 Å². The number of hydrogen-bond acceptors (Lipinski definition) is 3. The van der Waals surface area contributed by atoms with Crippen LogP contribution in [0.4, 0.5) is 0 Å². The van der Waals surface area contributed by atoms with Crippen LogP contribution in [-0.2, 0) is 0 Å². The van der Waals surface area contributed by atoms with Crippen LogP contribution in [-0.4, -0.2) is 25.1 Å². The highest BCUT2D eigenvalue weighted by Crippen LogP contribution is 1.74. The number of hydrogen-bond donors (Lipinski definition) is 2. The molecule has 0 unspecified atom stereocenters. The molecule has 8 heavy (non-hydrogen) atoms. The van der Waals surface area contributed by atoms with Crippen molar-refractivity contribution < 1.29 is 0 Å². The molecule has 4 N–H and O–H groups in total. The Balaban J connectivity index is 0. The molecule has 0 aliphatic rings. The van der Waals surface area contributed by atoms with E-state index in [0.29, 0.717) is 0 Å². The van der Waals surface area contributed by atoms with Crippen molar-refractivity contribution in [3.05, 3.63) is 0 Å². The van der Waals surface area contributed by atoms with Crippen molar-refractivity contribution >= 4 is 0 Å². The van der Waals surface area contributed by atoms with Crippen LogP contribution in [0.15, 0.2) is 0 Å². The summed E-state index contributed by atoms with van der Waals surface area (Å²) in [5, 5.41) is 2.12. The number of rotatable bonds is 3. The zero-order chi connectivity index (χ0) is 5.70. The minimum Gasteiger partial charge on any atom is -0.344 e. The molecule has 0 saturated heterocycles. The maximum Gasteiger partial charge on any atom is 0.0102 e. The fraction of sp³-hybridized carbons (Fsp3) is 1.00. The van der Waals surface area contributed by atoms with Gasteiger partial charge in [0, 0.05) is 13.1 Å². The fourth-order valence-electron chi connectivity index (χ4n) is 0.540. The largest absolute Gasteiger partial charge is 0.344 e. The maximum atomic E-state index is 3.03. The lowest BCUT2D eigenvalue weighted by molar-refractivity contribution is 0.232. The van der Waals surface area contributed by atoms with Crippen molar-refractivity contribution in [3.63, 3.8) is 0 Å². The summed E-state index contributed by atoms with van der Waals surface area (Å²) in [4.78, 5) is 0. The maximum absolute atomic E-state index is 3.03. The Morgan fingerprint density at radius 2 is 1.62 bits per heavy atom. The lowest BCUT2D eigenvalue weighted by atomic mass is 10.6. The van der Waals surface area contributed by atoms with Gasteiger partial charge >= 0.3 is 0 Å². The Bertz CT molecular complexity index is 29.1. The van der Waals surface area contributed by atoms with Crippen molar-refractivity contribution in [2.75, 3.05) is 20.1 Å². The van der Waals surface area contributed by atoms with Gasteiger partial charge in [0.2, 0.25) is 0 Å². The quantitative estimate of drug-likeness (QED) is 0.535. The van der Waals surface area contributed by atoms with E-state index in [1.54, 1.807) is 0 Å². The Morgan fingerprint density at radius 1 is 1.25 bits per heavy atom. The van der Waals surface area contributed by atoms with Gasteiger partial charge in [-0.05, 0) is 7.05 Å². The Labute approximate surface area is 51.6 Å². The summed E-state index contributed by atoms with van der Waals surface area (Å²) in [6, 6.07) is 0. The number of hydrazine groups is 1. The van der Waals surface area contributed by atoms with E-state index in [1.807, 2.05) is 7.05 Å². The predicted molar refractivity (Wildman–Crippen MR) is 37.0 cm³/mol. The lowest BCUT2D eigenvalue weighted by Gasteiger charge is -2.14. The fourth-order valence-corrected chi connectivity index (χ4v) is 0.540. The van der Waals surface area contributed by atoms with Gasteiger partial charge in [0.1, 0.15) is 0 Å². The third-order valence-electron chi connectivity index (χ3n) is 1.08. The van der Waals surface area contributed by atoms with Gasteiger partial charge in [0.05, 0.1) is 0 Å². The molecule has 0 heterocycles. The number of nitrogens with zero attached hydrogens (tertiary/aromatic N) is 1. The van der Waals surface area contributed by atoms with Crippen molar-refractivity contribution in [1.29, 1.82) is 0 Å². The molecular formula is C5H17N3. The van der Waals surface area contributed by atoms with Gasteiger partial charge in [-0.3, -0.25) is 5.43 Å². The van der Waals surface area contributed by atoms with Gasteiger partial charge in [-0.25, -0.2) is 5.01 Å². The summed E-state index contributed by atoms with van der Waals surface area (Å²) in [6.07, 6.45) is 0. The zero-order valence-corrected chi connectivity index (χ0v) is 6.07. The van der Waals surface area contributed by atoms with Crippen molar-refractivity contribution in [3.8, 4) is 0 Å². The van der Waals surface area contributed by atoms with E-state index in [9.17, 15) is 0 Å². The van der Waals surface area contributed by atoms with Crippen molar-refractivity contribution in [2.24, 2.45) is 0 Å². The summed E-state index contributed by atoms with van der Waals surface area (Å²) in [5.74, 6) is 0. The van der Waals surface area contributed by atoms with Crippen LogP contribution in [0.1, 0.15) is 13.8 Å². The molecule has 0 rings (SSSR count). The Kier molecular flexibility index (Phi) is 9.28. The average molecular weight is 119 g/mol. The topological polar surface area (TPSA) is 50.3 Å². The highest BCUT2D eigenvalue weighted by atomic mass is 15.5. The summed E-state index contributed by atoms with van der Waals surface area (Å²) >= 11 is 0. The molecule has 0 fully saturated rings. The monoisotopic (exact) mass is 119 g/mol. The molecule has 3 nitrogen and oxygen atoms in total. The van der Waals surface area contributed by atoms with Gasteiger partial charge in [0.15, 0.2) is 0 Å². The average Bonchev–Trinajstić information content (AvgIpc) is 1.72. The summed E-state index contributed by atoms with van der Waals surface area (Å²) < 4.78 is 0. The molecule has 0 saturated carbocycles. The molecule has 52 valence electrons. The van der Waals surface area contributed by atoms with Crippen LogP contribution in [0.5, 0.6) is 0 Å². The van der Waals surface area contributed by atoms with Crippen molar-refractivity contribution in [1.82, 2.24) is 16.6 Å². The van der Waals surface area contributed by atoms with E-state index in [-0.39, 0.29) is 6.15 Å². The molecular weight excluding hydrogens is 102 g/mol. The lowest BCUT2D eigenvalue weighted by Crippen LogP contribution is -2.34. The van der Waals surface area contributed by atoms with Crippen LogP contribution in [0.3, 0.4) is 0 Å². The van der Waals surface area contributed by atoms with Crippen molar-refractivity contribution in [2.45, 2.75) is 13.8 Å². The standard InChI is InChI=1S/C5H14N2.H3N/c1-4-7(5-2)6-3;/h6H,4-5H2,1-3H3;1H3. The molecule has 0 aromatic carbocycles. The van der Waals surface area contributed by atoms with Gasteiger partial charge < -0.3 is 6.15 Å². The zero-order valence-electron chi connectivity index (χ0n) is 6.07. The van der Waals surface area contributed by atoms with Crippen LogP contribution < -0.4 is 11.6 Å². The molecule has 0 bridgehead atoms. The first-order valence-electron chi connectivity index (χ1n) is 2.77. The first kappa shape index (κ1) is 10.8. The SMILES string of the molecule is CCN(CC)NC.N. The minimum atomic E-state index is 0. The second-order valence-corrected chi connectivity index (χ2v) is 1.40. The van der Waals surface area contributed by atoms with E-state index in [4.69, 9.17) is 0 Å². The van der Waals surface area contributed by atoms with Gasteiger partial charge in [-0.15, -0.1) is 0 Å². The Hall–Kier alpha value is -0.120. The van der Waals surface area contributed by atoms with E-state index in [1.165, 1.54) is 0 Å². The Morgan fingerprint density at radius 3 is 1.62 bits per heavy atom. The summed E-state index contributed by atoms with van der Waals surface area (Å²) in [5.41, 5.74) is 3.03. The molecule has 0 atom stereocenters. The van der Waals surface area contributed by atoms with E-state index >= 15 is 0 Å². The summed E-state index contributed by atoms with van der Waals surface area (Å²) in [6.45, 7) is 6.40. The normalized spacial score (nSPS) is 9.00. The minimum absolute atomic E-state index is 0. The third-order valence-corrected chi connectivity index (χ3v) is 1.08. The van der Waals surface area contributed by atoms with E-state index < -0.39 is 0 Å². The van der Waals surface area contributed by atoms with Crippen LogP contribution in [0, 0.1) is 0 Å². The predicted octanol–water partition coefficient (Wildman–Crippen LogP) is 0.625. The molecule has 0 aliphatic carbocycles. The highest BCUT2D eigenvalue weighted by Gasteiger charge is 1.88. The number of nitrogens with one attached hydrogen (secondary N) is 1. The molecule has 0 aliphatic heterocycles. The molecule has 0 aromatic heterocycles. The second kappa shape index (κ2) is 6.88. The van der Waals surface area contributed by atoms with Gasteiger partial charge in [-0.2, -0.15) is 0 Å². The van der Waals surface area contributed by atoms with Crippen LogP contribution >= 0.6 is 0 Å². The first-order valence-corrected chi connectivity index (χ1v) is 2.77. The van der Waals surface area contributed by atoms with Crippen LogP contribution in [0.2, 0.25) is 0 Å². The molecule has 3 heteroatoms. The van der Waals surface area contributed by atoms with Gasteiger partial charge in [-0.1, -0.05) is 13.8 Å². The first-order chi connectivity index (χ1) is 3.35. The van der Waals surface area contributed by atoms with E-state index in [2.05, 4.69) is 24.3 Å². The molecule has 0 radical (unpaired) electrons. The third kappa shape index (κ3) is 4.05. The highest BCUT2D eigenvalue weighted by molar-refractivity contribution is 4.36. The van der Waals surface area contributed by atoms with E-state index in [0.717, 1.165) is 13.1 Å². The molecule has 0 aromatic rings. The molecule has 0 amide bonds. The van der Waals surface area contributed by atoms with Crippen LogP contribution in [0.25, 0.3) is 0 Å². The second-order valence-electron chi connectivity index (χ2n) is 1.40.